The minimum Gasteiger partial charge on any atom is -0.493 e. The Morgan fingerprint density at radius 2 is 1.79 bits per heavy atom. The van der Waals surface area contributed by atoms with Crippen molar-refractivity contribution in [3.05, 3.63) is 65.4 Å². The van der Waals surface area contributed by atoms with E-state index < -0.39 is 0 Å². The van der Waals surface area contributed by atoms with E-state index in [2.05, 4.69) is 10.3 Å². The molecule has 0 atom stereocenters. The molecule has 0 saturated carbocycles. The normalized spacial score (nSPS) is 15.2. The molecule has 3 rings (SSSR count). The summed E-state index contributed by atoms with van der Waals surface area (Å²) in [5.41, 5.74) is 2.31. The van der Waals surface area contributed by atoms with Gasteiger partial charge in [-0.3, -0.25) is 4.79 Å². The Labute approximate surface area is 140 Å². The highest BCUT2D eigenvalue weighted by Crippen LogP contribution is 2.28. The number of rotatable bonds is 5. The second-order valence-corrected chi connectivity index (χ2v) is 5.32. The van der Waals surface area contributed by atoms with Crippen molar-refractivity contribution >= 4 is 17.8 Å². The molecule has 0 bridgehead atoms. The molecule has 0 fully saturated rings. The van der Waals surface area contributed by atoms with Crippen LogP contribution < -0.4 is 14.8 Å². The van der Waals surface area contributed by atoms with Crippen molar-refractivity contribution in [2.45, 2.75) is 6.42 Å². The molecule has 0 spiro atoms. The van der Waals surface area contributed by atoms with Crippen LogP contribution in [0.2, 0.25) is 0 Å². The highest BCUT2D eigenvalue weighted by Gasteiger charge is 2.20. The second kappa shape index (κ2) is 7.00. The van der Waals surface area contributed by atoms with Gasteiger partial charge in [0.15, 0.2) is 11.5 Å². The molecule has 0 unspecified atom stereocenters. The van der Waals surface area contributed by atoms with Gasteiger partial charge in [0.25, 0.3) is 5.91 Å². The lowest BCUT2D eigenvalue weighted by atomic mass is 10.1. The van der Waals surface area contributed by atoms with E-state index in [1.54, 1.807) is 26.4 Å². The fraction of sp³-hybridized carbons (Fsp3) is 0.158. The van der Waals surface area contributed by atoms with E-state index in [-0.39, 0.29) is 5.91 Å². The van der Waals surface area contributed by atoms with Gasteiger partial charge in [0, 0.05) is 6.42 Å². The third-order valence-corrected chi connectivity index (χ3v) is 3.67. The Balaban J connectivity index is 1.83. The van der Waals surface area contributed by atoms with Crippen LogP contribution in [0, 0.1) is 0 Å². The van der Waals surface area contributed by atoms with Crippen molar-refractivity contribution in [1.29, 1.82) is 0 Å². The molecule has 0 aliphatic carbocycles. The van der Waals surface area contributed by atoms with Crippen molar-refractivity contribution in [3.8, 4) is 11.5 Å². The number of methoxy groups -OCH3 is 2. The summed E-state index contributed by atoms with van der Waals surface area (Å²) >= 11 is 0. The summed E-state index contributed by atoms with van der Waals surface area (Å²) in [6.07, 6.45) is 2.32. The van der Waals surface area contributed by atoms with Crippen LogP contribution in [0.25, 0.3) is 6.08 Å². The van der Waals surface area contributed by atoms with E-state index in [1.165, 1.54) is 0 Å². The predicted octanol–water partition coefficient (Wildman–Crippen LogP) is 2.82. The van der Waals surface area contributed by atoms with Crippen molar-refractivity contribution in [1.82, 2.24) is 5.32 Å². The second-order valence-electron chi connectivity index (χ2n) is 5.32. The number of carbonyl (C=O) groups is 1. The van der Waals surface area contributed by atoms with E-state index in [0.717, 1.165) is 11.1 Å². The maximum Gasteiger partial charge on any atom is 0.275 e. The van der Waals surface area contributed by atoms with Gasteiger partial charge < -0.3 is 14.8 Å². The number of aliphatic imine (C=N–C) groups is 1. The first-order valence-corrected chi connectivity index (χ1v) is 7.56. The number of carbonyl (C=O) groups excluding carboxylic acids is 1. The van der Waals surface area contributed by atoms with Crippen LogP contribution in [0.15, 0.2) is 59.2 Å². The number of nitrogens with one attached hydrogen (secondary N) is 1. The third kappa shape index (κ3) is 3.46. The zero-order valence-corrected chi connectivity index (χ0v) is 13.6. The fourth-order valence-electron chi connectivity index (χ4n) is 2.49. The Bertz CT molecular complexity index is 811. The van der Waals surface area contributed by atoms with Gasteiger partial charge in [-0.05, 0) is 29.3 Å². The molecular formula is C19H18N2O3. The van der Waals surface area contributed by atoms with Crippen LogP contribution in [0.3, 0.4) is 0 Å². The molecule has 5 heteroatoms. The number of benzene rings is 2. The smallest absolute Gasteiger partial charge is 0.275 e. The molecular weight excluding hydrogens is 304 g/mol. The van der Waals surface area contributed by atoms with Gasteiger partial charge in [0.1, 0.15) is 11.5 Å². The van der Waals surface area contributed by atoms with Crippen LogP contribution in [-0.2, 0) is 11.2 Å². The molecule has 1 aliphatic rings. The minimum absolute atomic E-state index is 0.198. The molecule has 24 heavy (non-hydrogen) atoms. The van der Waals surface area contributed by atoms with E-state index in [1.807, 2.05) is 42.5 Å². The van der Waals surface area contributed by atoms with Gasteiger partial charge in [0.2, 0.25) is 0 Å². The Morgan fingerprint density at radius 1 is 1.04 bits per heavy atom. The number of nitrogens with zero attached hydrogens (tertiary/aromatic N) is 1. The predicted molar refractivity (Wildman–Crippen MR) is 93.2 cm³/mol. The average molecular weight is 322 g/mol. The fourth-order valence-corrected chi connectivity index (χ4v) is 2.49. The van der Waals surface area contributed by atoms with Gasteiger partial charge in [0.05, 0.1) is 14.2 Å². The van der Waals surface area contributed by atoms with Crippen LogP contribution in [-0.4, -0.2) is 26.0 Å². The molecule has 0 aromatic heterocycles. The minimum atomic E-state index is -0.198. The zero-order valence-electron chi connectivity index (χ0n) is 13.6. The van der Waals surface area contributed by atoms with Crippen LogP contribution in [0.4, 0.5) is 0 Å². The molecule has 0 saturated heterocycles. The lowest BCUT2D eigenvalue weighted by molar-refractivity contribution is -0.115. The maximum absolute atomic E-state index is 12.1. The number of hydrogen-bond donors (Lipinski definition) is 1. The molecule has 2 aromatic rings. The van der Waals surface area contributed by atoms with E-state index in [0.29, 0.717) is 29.5 Å². The zero-order chi connectivity index (χ0) is 16.9. The monoisotopic (exact) mass is 322 g/mol. The maximum atomic E-state index is 12.1. The van der Waals surface area contributed by atoms with E-state index in [9.17, 15) is 4.79 Å². The summed E-state index contributed by atoms with van der Waals surface area (Å²) < 4.78 is 10.5. The van der Waals surface area contributed by atoms with Gasteiger partial charge in [-0.2, -0.15) is 0 Å². The van der Waals surface area contributed by atoms with Crippen molar-refractivity contribution < 1.29 is 14.3 Å². The average Bonchev–Trinajstić information content (AvgIpc) is 2.94. The number of amidine groups is 1. The van der Waals surface area contributed by atoms with Gasteiger partial charge in [-0.15, -0.1) is 0 Å². The molecule has 1 aliphatic heterocycles. The highest BCUT2D eigenvalue weighted by atomic mass is 16.5. The number of amides is 1. The Hall–Kier alpha value is -3.08. The molecule has 1 heterocycles. The summed E-state index contributed by atoms with van der Waals surface area (Å²) in [5.74, 6) is 1.70. The molecule has 0 radical (unpaired) electrons. The van der Waals surface area contributed by atoms with Crippen molar-refractivity contribution in [2.75, 3.05) is 14.2 Å². The number of ether oxygens (including phenoxy) is 2. The SMILES string of the molecule is COc1ccc(/C=C2/N=C(Cc3ccccc3)NC2=O)cc1OC. The van der Waals surface area contributed by atoms with Crippen LogP contribution >= 0.6 is 0 Å². The van der Waals surface area contributed by atoms with Gasteiger partial charge in [-0.1, -0.05) is 36.4 Å². The molecule has 1 amide bonds. The first-order chi connectivity index (χ1) is 11.7. The van der Waals surface area contributed by atoms with Gasteiger partial charge in [-0.25, -0.2) is 4.99 Å². The summed E-state index contributed by atoms with van der Waals surface area (Å²) in [5, 5.41) is 2.81. The Kier molecular flexibility index (Phi) is 4.61. The lowest BCUT2D eigenvalue weighted by Gasteiger charge is -2.07. The molecule has 5 nitrogen and oxygen atoms in total. The first kappa shape index (κ1) is 15.8. The summed E-state index contributed by atoms with van der Waals surface area (Å²) in [6, 6.07) is 15.4. The Morgan fingerprint density at radius 3 is 2.50 bits per heavy atom. The molecule has 122 valence electrons. The van der Waals surface area contributed by atoms with Crippen molar-refractivity contribution in [2.24, 2.45) is 4.99 Å². The van der Waals surface area contributed by atoms with Crippen LogP contribution in [0.5, 0.6) is 11.5 Å². The summed E-state index contributed by atoms with van der Waals surface area (Å²) in [6.45, 7) is 0. The summed E-state index contributed by atoms with van der Waals surface area (Å²) in [7, 11) is 3.16. The standard InChI is InChI=1S/C19H18N2O3/c1-23-16-9-8-14(11-17(16)24-2)10-15-19(22)21-18(20-15)12-13-6-4-3-5-7-13/h3-11H,12H2,1-2H3,(H,20,21,22)/b15-10+. The molecule has 2 aromatic carbocycles. The van der Waals surface area contributed by atoms with Gasteiger partial charge >= 0.3 is 0 Å². The topological polar surface area (TPSA) is 59.9 Å². The van der Waals surface area contributed by atoms with Crippen molar-refractivity contribution in [3.63, 3.8) is 0 Å². The highest BCUT2D eigenvalue weighted by molar-refractivity contribution is 6.14. The quantitative estimate of drug-likeness (QED) is 0.861. The lowest BCUT2D eigenvalue weighted by Crippen LogP contribution is -2.25. The van der Waals surface area contributed by atoms with E-state index >= 15 is 0 Å². The summed E-state index contributed by atoms with van der Waals surface area (Å²) in [4.78, 5) is 16.5. The number of hydrogen-bond acceptors (Lipinski definition) is 4. The largest absolute Gasteiger partial charge is 0.493 e. The van der Waals surface area contributed by atoms with E-state index in [4.69, 9.17) is 9.47 Å². The third-order valence-electron chi connectivity index (χ3n) is 3.67. The first-order valence-electron chi connectivity index (χ1n) is 7.56. The van der Waals surface area contributed by atoms with Crippen LogP contribution in [0.1, 0.15) is 11.1 Å². The molecule has 1 N–H and O–H groups in total.